The Bertz CT molecular complexity index is 1460. The summed E-state index contributed by atoms with van der Waals surface area (Å²) >= 11 is 0. The molecule has 0 saturated carbocycles. The van der Waals surface area contributed by atoms with E-state index < -0.39 is 0 Å². The molecule has 4 unspecified atom stereocenters. The summed E-state index contributed by atoms with van der Waals surface area (Å²) in [6, 6.07) is 25.0. The van der Waals surface area contributed by atoms with Crippen molar-refractivity contribution in [3.8, 4) is 11.1 Å². The van der Waals surface area contributed by atoms with Crippen LogP contribution in [0.2, 0.25) is 0 Å². The van der Waals surface area contributed by atoms with E-state index in [9.17, 15) is 0 Å². The number of pyridine rings is 1. The Morgan fingerprint density at radius 3 is 1.85 bits per heavy atom. The minimum atomic E-state index is -0.0164. The third kappa shape index (κ3) is 5.23. The first-order valence-electron chi connectivity index (χ1n) is 14.2. The van der Waals surface area contributed by atoms with Gasteiger partial charge in [0.1, 0.15) is 5.82 Å². The molecular weight excluding hydrogens is 496 g/mol. The number of anilines is 4. The van der Waals surface area contributed by atoms with Crippen LogP contribution < -0.4 is 38.1 Å². The molecule has 3 aromatic carbocycles. The summed E-state index contributed by atoms with van der Waals surface area (Å²) in [5, 5.41) is 4.68. The smallest absolute Gasteiger partial charge is 0.139 e. The highest BCUT2D eigenvalue weighted by atomic mass is 15.2. The number of nitrogens with two attached hydrogens (primary N) is 4. The molecule has 0 bridgehead atoms. The van der Waals surface area contributed by atoms with E-state index in [-0.39, 0.29) is 24.2 Å². The molecule has 2 fully saturated rings. The second-order valence-electron chi connectivity index (χ2n) is 11.5. The molecule has 40 heavy (non-hydrogen) atoms. The second kappa shape index (κ2) is 11.1. The van der Waals surface area contributed by atoms with Crippen molar-refractivity contribution in [2.24, 2.45) is 22.9 Å². The highest BCUT2D eigenvalue weighted by Gasteiger charge is 2.32. The maximum atomic E-state index is 6.55. The fourth-order valence-electron chi connectivity index (χ4n) is 6.39. The van der Waals surface area contributed by atoms with Crippen LogP contribution in [-0.4, -0.2) is 55.3 Å². The number of piperidine rings is 2. The maximum Gasteiger partial charge on any atom is 0.139 e. The van der Waals surface area contributed by atoms with Gasteiger partial charge in [0.15, 0.2) is 0 Å². The molecule has 0 amide bonds. The maximum absolute atomic E-state index is 6.55. The fraction of sp³-hybridized carbons (Fsp3) is 0.344. The molecule has 2 saturated heterocycles. The van der Waals surface area contributed by atoms with Gasteiger partial charge in [-0.05, 0) is 55.2 Å². The van der Waals surface area contributed by atoms with Crippen LogP contribution in [0.15, 0.2) is 72.8 Å². The van der Waals surface area contributed by atoms with Crippen molar-refractivity contribution in [1.82, 2.24) is 4.98 Å². The molecule has 0 aliphatic carbocycles. The minimum absolute atomic E-state index is 0.00372. The summed E-state index contributed by atoms with van der Waals surface area (Å²) in [7, 11) is 0. The summed E-state index contributed by atoms with van der Waals surface area (Å²) in [5.41, 5.74) is 33.5. The van der Waals surface area contributed by atoms with Crippen LogP contribution in [0, 0.1) is 6.92 Å². The number of para-hydroxylation sites is 1. The van der Waals surface area contributed by atoms with E-state index in [4.69, 9.17) is 27.9 Å². The van der Waals surface area contributed by atoms with E-state index in [1.807, 2.05) is 24.3 Å². The normalized spacial score (nSPS) is 23.4. The number of nitrogens with zero attached hydrogens (tertiary/aromatic N) is 3. The van der Waals surface area contributed by atoms with Gasteiger partial charge in [0.25, 0.3) is 0 Å². The molecule has 2 aliphatic heterocycles. The molecular formula is C32H40N8. The van der Waals surface area contributed by atoms with Crippen molar-refractivity contribution >= 4 is 33.8 Å². The van der Waals surface area contributed by atoms with Gasteiger partial charge < -0.3 is 38.1 Å². The quantitative estimate of drug-likeness (QED) is 0.261. The number of hydrogen-bond acceptors (Lipinski definition) is 8. The van der Waals surface area contributed by atoms with Crippen molar-refractivity contribution in [2.45, 2.75) is 43.9 Å². The summed E-state index contributed by atoms with van der Waals surface area (Å²) in [5.74, 6) is 0.909. The lowest BCUT2D eigenvalue weighted by Gasteiger charge is -2.41. The summed E-state index contributed by atoms with van der Waals surface area (Å²) in [6.07, 6.45) is 1.62. The van der Waals surface area contributed by atoms with Crippen LogP contribution in [0.25, 0.3) is 22.0 Å². The highest BCUT2D eigenvalue weighted by molar-refractivity contribution is 6.07. The molecule has 8 nitrogen and oxygen atoms in total. The molecule has 9 N–H and O–H groups in total. The summed E-state index contributed by atoms with van der Waals surface area (Å²) in [6.45, 7) is 5.00. The predicted octanol–water partition coefficient (Wildman–Crippen LogP) is 3.68. The number of nitrogens with one attached hydrogen (secondary N) is 1. The number of aryl methyl sites for hydroxylation is 1. The first kappa shape index (κ1) is 26.5. The average Bonchev–Trinajstić information content (AvgIpc) is 2.93. The third-order valence-corrected chi connectivity index (χ3v) is 8.13. The minimum Gasteiger partial charge on any atom is -0.367 e. The Morgan fingerprint density at radius 2 is 1.25 bits per heavy atom. The number of rotatable bonds is 5. The first-order chi connectivity index (χ1) is 19.4. The van der Waals surface area contributed by atoms with Gasteiger partial charge >= 0.3 is 0 Å². The lowest BCUT2D eigenvalue weighted by atomic mass is 9.93. The largest absolute Gasteiger partial charge is 0.367 e. The Labute approximate surface area is 236 Å². The van der Waals surface area contributed by atoms with Gasteiger partial charge in [-0.25, -0.2) is 4.98 Å². The molecule has 0 spiro atoms. The molecule has 6 rings (SSSR count). The van der Waals surface area contributed by atoms with Gasteiger partial charge in [-0.2, -0.15) is 0 Å². The topological polar surface area (TPSA) is 135 Å². The lowest BCUT2D eigenvalue weighted by molar-refractivity contribution is 0.449. The van der Waals surface area contributed by atoms with E-state index in [2.05, 4.69) is 70.6 Å². The van der Waals surface area contributed by atoms with Crippen molar-refractivity contribution in [3.05, 3.63) is 78.4 Å². The lowest BCUT2D eigenvalue weighted by Crippen LogP contribution is -2.53. The zero-order chi connectivity index (χ0) is 27.8. The van der Waals surface area contributed by atoms with Crippen LogP contribution >= 0.6 is 0 Å². The molecule has 4 aromatic rings. The van der Waals surface area contributed by atoms with Crippen LogP contribution in [0.1, 0.15) is 18.4 Å². The molecule has 4 atom stereocenters. The van der Waals surface area contributed by atoms with Crippen molar-refractivity contribution in [3.63, 3.8) is 0 Å². The SMILES string of the molecule is Cc1c(Nc2ccccc2)ccc2c(N3CC(N)CC(N)C3)c(-c3ccccc3)c(N3CC(N)CC(N)C3)nc12. The first-order valence-corrected chi connectivity index (χ1v) is 14.2. The zero-order valence-corrected chi connectivity index (χ0v) is 23.1. The molecule has 0 radical (unpaired) electrons. The molecule has 208 valence electrons. The summed E-state index contributed by atoms with van der Waals surface area (Å²) < 4.78 is 0. The Balaban J connectivity index is 1.62. The Hall–Kier alpha value is -3.69. The van der Waals surface area contributed by atoms with Crippen LogP contribution in [0.4, 0.5) is 22.9 Å². The van der Waals surface area contributed by atoms with Gasteiger partial charge in [0.05, 0.1) is 11.2 Å². The molecule has 1 aromatic heterocycles. The number of benzene rings is 3. The third-order valence-electron chi connectivity index (χ3n) is 8.13. The van der Waals surface area contributed by atoms with Gasteiger partial charge in [-0.3, -0.25) is 0 Å². The fourth-order valence-corrected chi connectivity index (χ4v) is 6.39. The monoisotopic (exact) mass is 536 g/mol. The van der Waals surface area contributed by atoms with E-state index in [0.29, 0.717) is 13.1 Å². The number of hydrogen-bond donors (Lipinski definition) is 5. The van der Waals surface area contributed by atoms with Gasteiger partial charge in [-0.1, -0.05) is 48.5 Å². The Kier molecular flexibility index (Phi) is 7.33. The van der Waals surface area contributed by atoms with E-state index in [0.717, 1.165) is 76.4 Å². The van der Waals surface area contributed by atoms with Gasteiger partial charge in [-0.15, -0.1) is 0 Å². The van der Waals surface area contributed by atoms with Crippen molar-refractivity contribution < 1.29 is 0 Å². The Morgan fingerprint density at radius 1 is 0.700 bits per heavy atom. The second-order valence-corrected chi connectivity index (χ2v) is 11.5. The molecule has 8 heteroatoms. The van der Waals surface area contributed by atoms with Crippen molar-refractivity contribution in [2.75, 3.05) is 41.3 Å². The standard InChI is InChI=1S/C32H40N8/c1-20-28(37-26-10-6-3-7-11-26)13-12-27-30(20)38-32(40-18-24(35)15-25(36)19-40)29(21-8-4-2-5-9-21)31(27)39-16-22(33)14-23(34)17-39/h2-13,22-25,37H,14-19,33-36H2,1H3. The van der Waals surface area contributed by atoms with Crippen molar-refractivity contribution in [1.29, 1.82) is 0 Å². The van der Waals surface area contributed by atoms with Gasteiger partial charge in [0, 0.05) is 72.7 Å². The highest BCUT2D eigenvalue weighted by Crippen LogP contribution is 2.45. The summed E-state index contributed by atoms with van der Waals surface area (Å²) in [4.78, 5) is 10.1. The van der Waals surface area contributed by atoms with E-state index in [1.165, 1.54) is 0 Å². The number of fused-ring (bicyclic) bond motifs is 1. The van der Waals surface area contributed by atoms with Crippen LogP contribution in [-0.2, 0) is 0 Å². The average molecular weight is 537 g/mol. The van der Waals surface area contributed by atoms with E-state index >= 15 is 0 Å². The zero-order valence-electron chi connectivity index (χ0n) is 23.1. The predicted molar refractivity (Wildman–Crippen MR) is 167 cm³/mol. The van der Waals surface area contributed by atoms with Crippen LogP contribution in [0.3, 0.4) is 0 Å². The molecule has 2 aliphatic rings. The van der Waals surface area contributed by atoms with E-state index in [1.54, 1.807) is 0 Å². The number of aromatic nitrogens is 1. The van der Waals surface area contributed by atoms with Crippen LogP contribution in [0.5, 0.6) is 0 Å². The molecule has 3 heterocycles. The van der Waals surface area contributed by atoms with Gasteiger partial charge in [0.2, 0.25) is 0 Å².